The molecule has 212 valence electrons. The number of aliphatic imine (C=N–C) groups is 1. The molecule has 1 fully saturated rings. The summed E-state index contributed by atoms with van der Waals surface area (Å²) in [6, 6.07) is 8.93. The lowest BCUT2D eigenvalue weighted by Gasteiger charge is -2.31. The van der Waals surface area contributed by atoms with E-state index in [0.717, 1.165) is 49.4 Å². The molecule has 3 aromatic rings. The quantitative estimate of drug-likeness (QED) is 0.315. The maximum Gasteiger partial charge on any atom is 0.267 e. The van der Waals surface area contributed by atoms with Crippen molar-refractivity contribution in [3.05, 3.63) is 64.8 Å². The van der Waals surface area contributed by atoms with Crippen LogP contribution in [0.4, 0.5) is 20.2 Å². The first-order valence-corrected chi connectivity index (χ1v) is 14.6. The van der Waals surface area contributed by atoms with Gasteiger partial charge in [0.05, 0.1) is 29.1 Å². The fraction of sp³-hybridized carbons (Fsp3) is 0.333. The Kier molecular flexibility index (Phi) is 8.11. The molecule has 2 aromatic carbocycles. The summed E-state index contributed by atoms with van der Waals surface area (Å²) in [5.74, 6) is -1.45. The van der Waals surface area contributed by atoms with Crippen LogP contribution in [0.3, 0.4) is 0 Å². The van der Waals surface area contributed by atoms with Gasteiger partial charge in [-0.15, -0.1) is 0 Å². The van der Waals surface area contributed by atoms with Crippen LogP contribution in [-0.4, -0.2) is 45.6 Å². The average molecular weight is 591 g/mol. The lowest BCUT2D eigenvalue weighted by molar-refractivity contribution is 0.340. The molecule has 13 heteroatoms. The van der Waals surface area contributed by atoms with E-state index in [9.17, 15) is 12.8 Å². The number of sulfonamides is 1. The number of hydrogen-bond acceptors (Lipinski definition) is 8. The Morgan fingerprint density at radius 1 is 1.07 bits per heavy atom. The number of aromatic nitrogens is 1. The van der Waals surface area contributed by atoms with Crippen LogP contribution < -0.4 is 25.4 Å². The van der Waals surface area contributed by atoms with Crippen molar-refractivity contribution < 1.29 is 21.9 Å². The number of methoxy groups -OCH3 is 1. The van der Waals surface area contributed by atoms with Gasteiger partial charge >= 0.3 is 0 Å². The maximum atomic E-state index is 15.6. The minimum atomic E-state index is -4.37. The second kappa shape index (κ2) is 11.6. The van der Waals surface area contributed by atoms with E-state index < -0.39 is 27.3 Å². The Morgan fingerprint density at radius 3 is 2.55 bits per heavy atom. The Balaban J connectivity index is 1.39. The normalized spacial score (nSPS) is 18.8. The minimum Gasteiger partial charge on any atom is -0.480 e. The van der Waals surface area contributed by atoms with Crippen molar-refractivity contribution in [2.75, 3.05) is 18.9 Å². The molecule has 0 unspecified atom stereocenters. The summed E-state index contributed by atoms with van der Waals surface area (Å²) in [6.07, 6.45) is 5.49. The molecule has 0 saturated heterocycles. The van der Waals surface area contributed by atoms with Crippen LogP contribution in [0.1, 0.15) is 31.2 Å². The highest BCUT2D eigenvalue weighted by Gasteiger charge is 2.26. The summed E-state index contributed by atoms with van der Waals surface area (Å²) in [5.41, 5.74) is 0.879. The summed E-state index contributed by atoms with van der Waals surface area (Å²) in [4.78, 5) is 8.11. The highest BCUT2D eigenvalue weighted by atomic mass is 35.5. The van der Waals surface area contributed by atoms with Gasteiger partial charge in [0.25, 0.3) is 10.0 Å². The number of hydrogen-bond donors (Lipinski definition) is 4. The first kappa shape index (κ1) is 28.1. The third-order valence-corrected chi connectivity index (χ3v) is 8.69. The highest BCUT2D eigenvalue weighted by molar-refractivity contribution is 7.92. The molecular weight excluding hydrogens is 562 g/mol. The second-order valence-corrected chi connectivity index (χ2v) is 11.8. The first-order valence-electron chi connectivity index (χ1n) is 12.8. The van der Waals surface area contributed by atoms with Gasteiger partial charge in [0.1, 0.15) is 5.82 Å². The van der Waals surface area contributed by atoms with Crippen molar-refractivity contribution >= 4 is 39.0 Å². The van der Waals surface area contributed by atoms with E-state index in [1.807, 2.05) is 7.05 Å². The number of pyridine rings is 1. The Hall–Kier alpha value is -3.48. The van der Waals surface area contributed by atoms with Crippen LogP contribution in [0, 0.1) is 11.6 Å². The third-order valence-electron chi connectivity index (χ3n) is 7.13. The van der Waals surface area contributed by atoms with E-state index in [1.165, 1.54) is 13.3 Å². The molecule has 2 heterocycles. The van der Waals surface area contributed by atoms with Gasteiger partial charge in [0.15, 0.2) is 16.7 Å². The van der Waals surface area contributed by atoms with E-state index in [0.29, 0.717) is 30.3 Å². The SMILES string of the molecule is CNC1CCC(NC2=Nc3ccc(-c4c(F)ccc(NS(=O)(=O)c5cc(Cl)cnc5OC)c4F)cc3CN2)CC1. The lowest BCUT2D eigenvalue weighted by atomic mass is 9.91. The summed E-state index contributed by atoms with van der Waals surface area (Å²) < 4.78 is 63.8. The van der Waals surface area contributed by atoms with Gasteiger partial charge < -0.3 is 20.7 Å². The number of rotatable bonds is 7. The van der Waals surface area contributed by atoms with Crippen molar-refractivity contribution in [2.45, 2.75) is 49.2 Å². The van der Waals surface area contributed by atoms with Crippen LogP contribution in [-0.2, 0) is 16.6 Å². The number of fused-ring (bicyclic) bond motifs is 1. The van der Waals surface area contributed by atoms with E-state index in [2.05, 4.69) is 30.6 Å². The molecule has 40 heavy (non-hydrogen) atoms. The Morgan fingerprint density at radius 2 is 1.82 bits per heavy atom. The number of anilines is 1. The maximum absolute atomic E-state index is 15.6. The molecule has 1 saturated carbocycles. The largest absolute Gasteiger partial charge is 0.480 e. The predicted octanol–water partition coefficient (Wildman–Crippen LogP) is 4.70. The third kappa shape index (κ3) is 5.84. The smallest absolute Gasteiger partial charge is 0.267 e. The van der Waals surface area contributed by atoms with E-state index >= 15 is 4.39 Å². The number of benzene rings is 2. The number of halogens is 3. The second-order valence-electron chi connectivity index (χ2n) is 9.69. The van der Waals surface area contributed by atoms with Gasteiger partial charge in [-0.05, 0) is 74.2 Å². The van der Waals surface area contributed by atoms with Crippen LogP contribution in [0.15, 0.2) is 52.5 Å². The summed E-state index contributed by atoms with van der Waals surface area (Å²) in [6.45, 7) is 0.415. The molecule has 9 nitrogen and oxygen atoms in total. The van der Waals surface area contributed by atoms with E-state index in [4.69, 9.17) is 16.3 Å². The molecule has 4 N–H and O–H groups in total. The van der Waals surface area contributed by atoms with Crippen LogP contribution in [0.5, 0.6) is 5.88 Å². The zero-order valence-corrected chi connectivity index (χ0v) is 23.5. The zero-order valence-electron chi connectivity index (χ0n) is 21.9. The minimum absolute atomic E-state index is 0.0475. The van der Waals surface area contributed by atoms with Gasteiger partial charge in [0, 0.05) is 24.8 Å². The first-order chi connectivity index (χ1) is 19.2. The van der Waals surface area contributed by atoms with Crippen LogP contribution in [0.2, 0.25) is 5.02 Å². The van der Waals surface area contributed by atoms with Crippen molar-refractivity contribution in [1.29, 1.82) is 0 Å². The molecule has 1 aliphatic carbocycles. The Bertz CT molecular complexity index is 1560. The van der Waals surface area contributed by atoms with Gasteiger partial charge in [-0.3, -0.25) is 4.72 Å². The molecule has 1 aromatic heterocycles. The molecule has 1 aliphatic heterocycles. The van der Waals surface area contributed by atoms with E-state index in [-0.39, 0.29) is 26.9 Å². The van der Waals surface area contributed by atoms with Crippen LogP contribution >= 0.6 is 11.6 Å². The molecule has 0 bridgehead atoms. The molecule has 0 spiro atoms. The fourth-order valence-electron chi connectivity index (χ4n) is 4.98. The molecule has 2 aliphatic rings. The predicted molar refractivity (Wildman–Crippen MR) is 151 cm³/mol. The summed E-state index contributed by atoms with van der Waals surface area (Å²) in [5, 5.41) is 10.1. The molecule has 0 atom stereocenters. The van der Waals surface area contributed by atoms with Crippen molar-refractivity contribution in [1.82, 2.24) is 20.9 Å². The average Bonchev–Trinajstić information content (AvgIpc) is 2.95. The number of guanidine groups is 1. The van der Waals surface area contributed by atoms with Gasteiger partial charge in [-0.1, -0.05) is 17.7 Å². The topological polar surface area (TPSA) is 117 Å². The molecule has 0 radical (unpaired) electrons. The fourth-order valence-corrected chi connectivity index (χ4v) is 6.41. The highest BCUT2D eigenvalue weighted by Crippen LogP contribution is 2.36. The van der Waals surface area contributed by atoms with Gasteiger partial charge in [-0.25, -0.2) is 27.2 Å². The van der Waals surface area contributed by atoms with Gasteiger partial charge in [-0.2, -0.15) is 0 Å². The van der Waals surface area contributed by atoms with Crippen molar-refractivity contribution in [3.63, 3.8) is 0 Å². The standard InChI is InChI=1S/C27H29ClF2N6O3S/c1-31-18-4-6-19(7-5-18)34-27-33-13-16-11-15(3-9-21(16)35-27)24-20(29)8-10-22(25(24)30)36-40(37,38)23-12-17(28)14-32-26(23)39-2/h3,8-12,14,18-19,31,36H,4-7,13H2,1-2H3,(H2,33,34,35). The summed E-state index contributed by atoms with van der Waals surface area (Å²) >= 11 is 5.91. The van der Waals surface area contributed by atoms with Crippen molar-refractivity contribution in [3.8, 4) is 17.0 Å². The van der Waals surface area contributed by atoms with E-state index in [1.54, 1.807) is 18.2 Å². The molecular formula is C27H29ClF2N6O3S. The number of nitrogens with one attached hydrogen (secondary N) is 4. The van der Waals surface area contributed by atoms with Crippen LogP contribution in [0.25, 0.3) is 11.1 Å². The summed E-state index contributed by atoms with van der Waals surface area (Å²) in [7, 11) is -1.14. The number of ether oxygens (including phenoxy) is 1. The zero-order chi connectivity index (χ0) is 28.4. The number of nitrogens with zero attached hydrogens (tertiary/aromatic N) is 2. The van der Waals surface area contributed by atoms with Gasteiger partial charge in [0.2, 0.25) is 5.88 Å². The molecule has 0 amide bonds. The Labute approximate surface area is 236 Å². The monoisotopic (exact) mass is 590 g/mol. The lowest BCUT2D eigenvalue weighted by Crippen LogP contribution is -2.47. The van der Waals surface area contributed by atoms with Crippen molar-refractivity contribution in [2.24, 2.45) is 4.99 Å². The molecule has 5 rings (SSSR count).